The maximum atomic E-state index is 13.0. The van der Waals surface area contributed by atoms with Crippen molar-refractivity contribution < 1.29 is 33.7 Å². The lowest BCUT2D eigenvalue weighted by atomic mass is 10.1. The molecule has 0 aliphatic rings. The Labute approximate surface area is 587 Å². The number of ether oxygens (including phenoxy) is 3. The Bertz CT molecular complexity index is 1500. The van der Waals surface area contributed by atoms with Crippen LogP contribution in [0.3, 0.4) is 0 Å². The average Bonchev–Trinajstić information content (AvgIpc) is 3.30. The topological polar surface area (TPSA) is 109 Å². The lowest BCUT2D eigenvalue weighted by molar-refractivity contribution is -0.145. The predicted octanol–water partition coefficient (Wildman–Crippen LogP) is 24.6. The van der Waals surface area contributed by atoms with Crippen LogP contribution in [0.5, 0.6) is 0 Å². The molecule has 0 saturated heterocycles. The van der Waals surface area contributed by atoms with Gasteiger partial charge in [-0.15, -0.1) is 0 Å². The smallest absolute Gasteiger partial charge is 0.305 e. The first-order chi connectivity index (χ1) is 46.3. The molecule has 1 N–H and O–H groups in total. The van der Waals surface area contributed by atoms with Gasteiger partial charge in [0.15, 0.2) is 0 Å². The Morgan fingerprint density at radius 2 is 0.383 bits per heavy atom. The van der Waals surface area contributed by atoms with Gasteiger partial charge in [0, 0.05) is 32.4 Å². The summed E-state index contributed by atoms with van der Waals surface area (Å²) in [6.07, 6.45) is 76.5. The van der Waals surface area contributed by atoms with Gasteiger partial charge in [0.2, 0.25) is 0 Å². The highest BCUT2D eigenvalue weighted by Gasteiger charge is 2.18. The van der Waals surface area contributed by atoms with Crippen LogP contribution in [0.15, 0.2) is 0 Å². The summed E-state index contributed by atoms with van der Waals surface area (Å²) >= 11 is 0. The summed E-state index contributed by atoms with van der Waals surface area (Å²) in [5, 5.41) is 12.0. The molecule has 0 spiro atoms. The molecule has 0 aromatic rings. The van der Waals surface area contributed by atoms with Gasteiger partial charge in [0.1, 0.15) is 0 Å². The van der Waals surface area contributed by atoms with Gasteiger partial charge in [-0.1, -0.05) is 356 Å². The summed E-state index contributed by atoms with van der Waals surface area (Å²) in [7, 11) is 0. The van der Waals surface area contributed by atoms with Gasteiger partial charge < -0.3 is 34.0 Å². The van der Waals surface area contributed by atoms with Gasteiger partial charge in [-0.3, -0.25) is 14.4 Å². The number of unbranched alkanes of at least 4 members (excludes halogenated alkanes) is 51. The van der Waals surface area contributed by atoms with Crippen molar-refractivity contribution in [3.05, 3.63) is 0 Å². The van der Waals surface area contributed by atoms with E-state index in [-0.39, 0.29) is 17.9 Å². The zero-order valence-corrected chi connectivity index (χ0v) is 64.3. The highest BCUT2D eigenvalue weighted by molar-refractivity contribution is 5.70. The standard InChI is InChI=1S/C84H167N3O7/c1-6-11-16-21-26-31-36-38-41-46-51-56-69-85(73-63-66-82(89)92-76-60-53-48-43-34-29-24-19-14-9-4)70-58-59-72-86(71-57-52-47-42-39-37-32-27-22-17-12-7-2)79-81(88)80-87(74-64-67-83(90)93-77-61-54-49-44-35-30-25-20-15-10-5)75-65-68-84(91)94-78-62-55-50-45-40-33-28-23-18-13-8-3/h81,88H,6-80H2,1-5H3. The van der Waals surface area contributed by atoms with Crippen molar-refractivity contribution in [3.63, 3.8) is 0 Å². The normalized spacial score (nSPS) is 12.1. The Hall–Kier alpha value is -1.75. The number of rotatable bonds is 81. The molecule has 0 aromatic carbocycles. The molecule has 10 heteroatoms. The fourth-order valence-electron chi connectivity index (χ4n) is 13.7. The molecule has 0 bridgehead atoms. The Morgan fingerprint density at radius 3 is 0.606 bits per heavy atom. The third-order valence-electron chi connectivity index (χ3n) is 19.9. The van der Waals surface area contributed by atoms with E-state index in [2.05, 4.69) is 49.3 Å². The fraction of sp³-hybridized carbons (Fsp3) is 0.964. The number of aliphatic hydroxyl groups is 1. The molecule has 94 heavy (non-hydrogen) atoms. The fourth-order valence-corrected chi connectivity index (χ4v) is 13.7. The molecule has 1 atom stereocenters. The molecule has 0 amide bonds. The molecule has 0 aliphatic carbocycles. The summed E-state index contributed by atoms with van der Waals surface area (Å²) in [6.45, 7) is 20.5. The number of hydrogen-bond acceptors (Lipinski definition) is 10. The van der Waals surface area contributed by atoms with E-state index in [1.54, 1.807) is 0 Å². The molecule has 1 unspecified atom stereocenters. The molecular weight excluding hydrogens is 1160 g/mol. The molecule has 0 radical (unpaired) electrons. The largest absolute Gasteiger partial charge is 0.466 e. The van der Waals surface area contributed by atoms with Crippen molar-refractivity contribution in [2.75, 3.05) is 78.7 Å². The van der Waals surface area contributed by atoms with Crippen molar-refractivity contribution in [1.82, 2.24) is 14.7 Å². The first-order valence-corrected chi connectivity index (χ1v) is 42.6. The molecule has 0 fully saturated rings. The first kappa shape index (κ1) is 92.2. The monoisotopic (exact) mass is 1330 g/mol. The number of aliphatic hydroxyl groups excluding tert-OH is 1. The van der Waals surface area contributed by atoms with E-state index in [4.69, 9.17) is 14.2 Å². The molecule has 0 saturated carbocycles. The van der Waals surface area contributed by atoms with Crippen LogP contribution >= 0.6 is 0 Å². The van der Waals surface area contributed by atoms with Gasteiger partial charge in [-0.25, -0.2) is 0 Å². The molecule has 0 heterocycles. The minimum absolute atomic E-state index is 0.0309. The van der Waals surface area contributed by atoms with Crippen LogP contribution in [0, 0.1) is 0 Å². The summed E-state index contributed by atoms with van der Waals surface area (Å²) in [4.78, 5) is 46.4. The van der Waals surface area contributed by atoms with Gasteiger partial charge in [-0.2, -0.15) is 0 Å². The van der Waals surface area contributed by atoms with Gasteiger partial charge in [0.05, 0.1) is 25.9 Å². The van der Waals surface area contributed by atoms with Gasteiger partial charge in [-0.05, 0) is 110 Å². The maximum Gasteiger partial charge on any atom is 0.305 e. The summed E-state index contributed by atoms with van der Waals surface area (Å²) in [6, 6.07) is 0. The molecule has 560 valence electrons. The van der Waals surface area contributed by atoms with Crippen molar-refractivity contribution in [1.29, 1.82) is 0 Å². The molecular formula is C84H167N3O7. The number of carbonyl (C=O) groups is 3. The van der Waals surface area contributed by atoms with E-state index in [1.807, 2.05) is 0 Å². The lowest BCUT2D eigenvalue weighted by Crippen LogP contribution is -2.42. The van der Waals surface area contributed by atoms with Crippen LogP contribution in [0.1, 0.15) is 439 Å². The van der Waals surface area contributed by atoms with E-state index in [0.29, 0.717) is 78.1 Å². The minimum Gasteiger partial charge on any atom is -0.466 e. The number of carbonyl (C=O) groups excluding carboxylic acids is 3. The Kier molecular flexibility index (Phi) is 77.1. The summed E-state index contributed by atoms with van der Waals surface area (Å²) in [5.74, 6) is -0.278. The number of hydrogen-bond donors (Lipinski definition) is 1. The second-order valence-corrected chi connectivity index (χ2v) is 29.5. The second kappa shape index (κ2) is 78.6. The van der Waals surface area contributed by atoms with E-state index < -0.39 is 6.10 Å². The van der Waals surface area contributed by atoms with Crippen molar-refractivity contribution in [2.24, 2.45) is 0 Å². The Balaban J connectivity index is 5.71. The minimum atomic E-state index is -0.541. The first-order valence-electron chi connectivity index (χ1n) is 42.6. The average molecular weight is 1330 g/mol. The summed E-state index contributed by atoms with van der Waals surface area (Å²) < 4.78 is 17.2. The van der Waals surface area contributed by atoms with E-state index >= 15 is 0 Å². The zero-order chi connectivity index (χ0) is 68.2. The van der Waals surface area contributed by atoms with Crippen molar-refractivity contribution >= 4 is 17.9 Å². The SMILES string of the molecule is CCCCCCCCCCCCCCN(CCCCN(CCCCCCCCCCCCCC)CC(O)CN(CCCC(=O)OCCCCCCCCCCCC)CCCC(=O)OCCCCCCCCCCCCC)CCCC(=O)OCCCCCCCCCCCC. The lowest BCUT2D eigenvalue weighted by Gasteiger charge is -2.30. The quantitative estimate of drug-likeness (QED) is 0.0359. The van der Waals surface area contributed by atoms with Crippen LogP contribution in [-0.2, 0) is 28.6 Å². The van der Waals surface area contributed by atoms with E-state index in [9.17, 15) is 19.5 Å². The number of esters is 3. The van der Waals surface area contributed by atoms with Gasteiger partial charge >= 0.3 is 17.9 Å². The highest BCUT2D eigenvalue weighted by Crippen LogP contribution is 2.18. The van der Waals surface area contributed by atoms with Crippen LogP contribution in [0.25, 0.3) is 0 Å². The molecule has 0 aliphatic heterocycles. The zero-order valence-electron chi connectivity index (χ0n) is 64.3. The van der Waals surface area contributed by atoms with Crippen LogP contribution in [-0.4, -0.2) is 123 Å². The number of nitrogens with zero attached hydrogens (tertiary/aromatic N) is 3. The van der Waals surface area contributed by atoms with Gasteiger partial charge in [0.25, 0.3) is 0 Å². The predicted molar refractivity (Wildman–Crippen MR) is 407 cm³/mol. The highest BCUT2D eigenvalue weighted by atomic mass is 16.5. The second-order valence-electron chi connectivity index (χ2n) is 29.5. The third-order valence-corrected chi connectivity index (χ3v) is 19.9. The van der Waals surface area contributed by atoms with Crippen LogP contribution in [0.2, 0.25) is 0 Å². The Morgan fingerprint density at radius 1 is 0.223 bits per heavy atom. The van der Waals surface area contributed by atoms with Crippen LogP contribution in [0.4, 0.5) is 0 Å². The molecule has 0 rings (SSSR count). The van der Waals surface area contributed by atoms with Crippen molar-refractivity contribution in [2.45, 2.75) is 445 Å². The van der Waals surface area contributed by atoms with Crippen molar-refractivity contribution in [3.8, 4) is 0 Å². The molecule has 10 nitrogen and oxygen atoms in total. The van der Waals surface area contributed by atoms with Crippen LogP contribution < -0.4 is 0 Å². The summed E-state index contributed by atoms with van der Waals surface area (Å²) in [5.41, 5.74) is 0. The molecule has 0 aromatic heterocycles. The third kappa shape index (κ3) is 73.0. The van der Waals surface area contributed by atoms with E-state index in [1.165, 1.54) is 308 Å². The van der Waals surface area contributed by atoms with E-state index in [0.717, 1.165) is 96.9 Å². The maximum absolute atomic E-state index is 13.0.